The zero-order valence-corrected chi connectivity index (χ0v) is 28.5. The summed E-state index contributed by atoms with van der Waals surface area (Å²) < 4.78 is 0. The van der Waals surface area contributed by atoms with Gasteiger partial charge in [0.15, 0.2) is 17.5 Å². The second-order valence-electron chi connectivity index (χ2n) is 11.4. The average molecular weight is 650 g/mol. The minimum atomic E-state index is -0.711. The molecule has 0 atom stereocenters. The van der Waals surface area contributed by atoms with Gasteiger partial charge < -0.3 is 16.6 Å². The number of carboxylic acids is 1. The largest absolute Gasteiger partial charge is 0.481 e. The van der Waals surface area contributed by atoms with Crippen molar-refractivity contribution in [2.24, 2.45) is 22.4 Å². The van der Waals surface area contributed by atoms with Gasteiger partial charge in [-0.15, -0.1) is 0 Å². The first kappa shape index (κ1) is 41.0. The van der Waals surface area contributed by atoms with Crippen LogP contribution in [0, 0.1) is 12.8 Å². The van der Waals surface area contributed by atoms with E-state index in [2.05, 4.69) is 18.8 Å². The molecule has 5 N–H and O–H groups in total. The van der Waals surface area contributed by atoms with Crippen LogP contribution in [0.15, 0.2) is 47.5 Å². The number of guanidine groups is 1. The van der Waals surface area contributed by atoms with Crippen molar-refractivity contribution in [2.75, 3.05) is 6.54 Å². The van der Waals surface area contributed by atoms with Gasteiger partial charge in [-0.25, -0.2) is 0 Å². The Morgan fingerprint density at radius 2 is 1.30 bits per heavy atom. The van der Waals surface area contributed by atoms with Crippen molar-refractivity contribution < 1.29 is 36.6 Å². The molecule has 0 radical (unpaired) electrons. The molecule has 2 saturated carbocycles. The number of nitrogens with two attached hydrogens (primary N) is 2. The fourth-order valence-corrected chi connectivity index (χ4v) is 5.10. The predicted octanol–water partition coefficient (Wildman–Crippen LogP) is 8.24. The van der Waals surface area contributed by atoms with E-state index in [0.717, 1.165) is 37.3 Å². The number of aliphatic carboxylic acids is 1. The van der Waals surface area contributed by atoms with Gasteiger partial charge in [-0.05, 0) is 31.7 Å². The van der Waals surface area contributed by atoms with Crippen molar-refractivity contribution in [3.8, 4) is 0 Å². The summed E-state index contributed by atoms with van der Waals surface area (Å²) in [5.74, 6) is 0.463. The van der Waals surface area contributed by atoms with Crippen LogP contribution in [0.3, 0.4) is 0 Å². The fraction of sp³-hybridized carbons (Fsp3) is 0.556. The zero-order chi connectivity index (χ0) is 32.0. The molecule has 0 spiro atoms. The number of aliphatic imine (C=N–C) groups is 1. The first-order valence-electron chi connectivity index (χ1n) is 16.2. The molecule has 0 amide bonds. The van der Waals surface area contributed by atoms with Crippen LogP contribution >= 0.6 is 0 Å². The maximum Gasteiger partial charge on any atom is 0.303 e. The number of carbonyl (C=O) groups is 3. The molecule has 0 aliphatic heterocycles. The van der Waals surface area contributed by atoms with Crippen molar-refractivity contribution in [2.45, 2.75) is 118 Å². The van der Waals surface area contributed by atoms with Crippen molar-refractivity contribution in [3.63, 3.8) is 0 Å². The predicted molar refractivity (Wildman–Crippen MR) is 178 cm³/mol. The van der Waals surface area contributed by atoms with Gasteiger partial charge in [-0.1, -0.05) is 133 Å². The van der Waals surface area contributed by atoms with Crippen LogP contribution in [0.4, 0.5) is 0 Å². The van der Waals surface area contributed by atoms with Crippen LogP contribution in [0.25, 0.3) is 0 Å². The molecule has 0 heterocycles. The number of aryl methyl sites for hydroxylation is 1. The second kappa shape index (κ2) is 24.4. The molecule has 2 aromatic carbocycles. The Bertz CT molecular complexity index is 1140. The number of fused-ring (bicyclic) bond motifs is 2. The first-order chi connectivity index (χ1) is 20.7. The second-order valence-corrected chi connectivity index (χ2v) is 11.4. The smallest absolute Gasteiger partial charge is 0.303 e. The maximum absolute atomic E-state index is 12.3. The third-order valence-corrected chi connectivity index (χ3v) is 7.65. The van der Waals surface area contributed by atoms with Crippen LogP contribution in [0.1, 0.15) is 148 Å². The number of nitrogens with zero attached hydrogens (tertiary/aromatic N) is 1. The minimum Gasteiger partial charge on any atom is -0.481 e. The maximum atomic E-state index is 12.3. The van der Waals surface area contributed by atoms with Crippen LogP contribution < -0.4 is 11.5 Å². The number of benzene rings is 2. The Morgan fingerprint density at radius 3 is 1.68 bits per heavy atom. The summed E-state index contributed by atoms with van der Waals surface area (Å²) in [7, 11) is 0. The normalized spacial score (nSPS) is 14.3. The number of carbonyl (C=O) groups excluding carboxylic acids is 2. The number of hydrogen-bond acceptors (Lipinski definition) is 4. The summed E-state index contributed by atoms with van der Waals surface area (Å²) in [6, 6.07) is 12.4. The zero-order valence-electron chi connectivity index (χ0n) is 27.4. The number of carboxylic acid groups (broad SMARTS) is 1. The van der Waals surface area contributed by atoms with E-state index in [4.69, 9.17) is 16.6 Å². The molecule has 2 aromatic rings. The number of unbranched alkanes of at least 4 members (excludes halogenated alkanes) is 1. The van der Waals surface area contributed by atoms with E-state index in [-0.39, 0.29) is 34.6 Å². The topological polar surface area (TPSA) is 136 Å². The Morgan fingerprint density at radius 1 is 0.795 bits per heavy atom. The van der Waals surface area contributed by atoms with Crippen molar-refractivity contribution in [1.82, 2.24) is 0 Å². The molecule has 246 valence electrons. The summed E-state index contributed by atoms with van der Waals surface area (Å²) in [4.78, 5) is 37.9. The Labute approximate surface area is 276 Å². The molecular formula is C36H55FeN3O4. The summed E-state index contributed by atoms with van der Waals surface area (Å²) in [6.07, 6.45) is 18.2. The van der Waals surface area contributed by atoms with E-state index in [0.29, 0.717) is 28.7 Å². The molecule has 44 heavy (non-hydrogen) atoms. The van der Waals surface area contributed by atoms with Gasteiger partial charge in [0.05, 0.1) is 0 Å². The van der Waals surface area contributed by atoms with Crippen LogP contribution in [0.2, 0.25) is 0 Å². The monoisotopic (exact) mass is 649 g/mol. The molecule has 0 saturated heterocycles. The molecule has 3 aliphatic rings. The Balaban J connectivity index is 0.000000579. The van der Waals surface area contributed by atoms with E-state index < -0.39 is 5.97 Å². The number of rotatable bonds is 6. The molecule has 8 heteroatoms. The fourth-order valence-electron chi connectivity index (χ4n) is 5.10. The molecule has 0 bridgehead atoms. The number of ketones is 2. The van der Waals surface area contributed by atoms with Gasteiger partial charge in [0, 0.05) is 52.3 Å². The summed E-state index contributed by atoms with van der Waals surface area (Å²) in [5.41, 5.74) is 13.2. The van der Waals surface area contributed by atoms with E-state index in [1.54, 1.807) is 36.4 Å². The summed E-state index contributed by atoms with van der Waals surface area (Å²) in [5, 5.41) is 7.91. The van der Waals surface area contributed by atoms with Crippen LogP contribution in [0.5, 0.6) is 0 Å². The first-order valence-corrected chi connectivity index (χ1v) is 16.2. The van der Waals surface area contributed by atoms with Crippen LogP contribution in [-0.4, -0.2) is 35.1 Å². The van der Waals surface area contributed by atoms with E-state index in [9.17, 15) is 14.4 Å². The summed E-state index contributed by atoms with van der Waals surface area (Å²) >= 11 is 0. The quantitative estimate of drug-likeness (QED) is 0.107. The standard InChI is InChI=1S/C15H10O2.C7H14.C5H13N3.C5H10.C4H8O2.Fe/c1-9-6-7-12-13(8-9)15(17)11-5-3-2-4-10(11)14(12)16;1-2-7-5-3-4-6-7;1-2-3-4-8-5(6)7;1-2-4-5-3-1;1-2-3-4(5)6;/h2-8H,1H3;7H,2-6H2,1H3;2-4H2,1H3,(H4,6,7,8);1-5H2;2-3H2,1H3,(H,5,6);. The van der Waals surface area contributed by atoms with Gasteiger partial charge in [0.1, 0.15) is 0 Å². The Kier molecular flexibility index (Phi) is 22.7. The van der Waals surface area contributed by atoms with Gasteiger partial charge in [-0.2, -0.15) is 0 Å². The van der Waals surface area contributed by atoms with Gasteiger partial charge in [-0.3, -0.25) is 19.4 Å². The van der Waals surface area contributed by atoms with Gasteiger partial charge >= 0.3 is 5.97 Å². The van der Waals surface area contributed by atoms with E-state index in [1.165, 1.54) is 64.2 Å². The molecule has 3 aliphatic carbocycles. The molecular weight excluding hydrogens is 594 g/mol. The van der Waals surface area contributed by atoms with Crippen LogP contribution in [-0.2, 0) is 21.9 Å². The molecule has 2 fully saturated rings. The molecule has 5 rings (SSSR count). The Hall–Kier alpha value is -2.96. The van der Waals surface area contributed by atoms with E-state index >= 15 is 0 Å². The average Bonchev–Trinajstić information content (AvgIpc) is 3.75. The van der Waals surface area contributed by atoms with Crippen molar-refractivity contribution in [1.29, 1.82) is 0 Å². The van der Waals surface area contributed by atoms with E-state index in [1.807, 2.05) is 19.9 Å². The molecule has 7 nitrogen and oxygen atoms in total. The van der Waals surface area contributed by atoms with Crippen molar-refractivity contribution >= 4 is 23.5 Å². The van der Waals surface area contributed by atoms with Gasteiger partial charge in [0.2, 0.25) is 0 Å². The molecule has 0 aromatic heterocycles. The van der Waals surface area contributed by atoms with Gasteiger partial charge in [0.25, 0.3) is 0 Å². The SMILES string of the molecule is C1CCCC1.CCC1CCCC1.CCCC(=O)O.CCCCN=C(N)N.Cc1ccc2c(c1)C(=O)c1ccccc1C2=O.[Fe]. The van der Waals surface area contributed by atoms with Crippen molar-refractivity contribution in [3.05, 3.63) is 70.3 Å². The summed E-state index contributed by atoms with van der Waals surface area (Å²) in [6.45, 7) is 8.92. The third-order valence-electron chi connectivity index (χ3n) is 7.65. The minimum absolute atomic E-state index is 0. The third kappa shape index (κ3) is 16.2. The molecule has 0 unspecified atom stereocenters. The number of hydrogen-bond donors (Lipinski definition) is 3.